The Labute approximate surface area is 202 Å². The molecule has 1 heterocycles. The topological polar surface area (TPSA) is 100 Å². The second-order valence-electron chi connectivity index (χ2n) is 8.09. The van der Waals surface area contributed by atoms with Crippen LogP contribution in [0, 0.1) is 12.8 Å². The van der Waals surface area contributed by atoms with Crippen LogP contribution in [0.2, 0.25) is 0 Å². The molecule has 2 aromatic rings. The number of hydrogen-bond acceptors (Lipinski definition) is 7. The van der Waals surface area contributed by atoms with Crippen molar-refractivity contribution in [1.82, 2.24) is 4.72 Å². The van der Waals surface area contributed by atoms with Crippen LogP contribution in [0.1, 0.15) is 40.4 Å². The van der Waals surface area contributed by atoms with Crippen molar-refractivity contribution in [1.29, 1.82) is 0 Å². The number of fused-ring (bicyclic) bond motifs is 2. The fourth-order valence-electron chi connectivity index (χ4n) is 3.64. The van der Waals surface area contributed by atoms with Gasteiger partial charge in [0.2, 0.25) is 10.0 Å². The first kappa shape index (κ1) is 25.3. The number of aryl methyl sites for hydroxylation is 2. The molecule has 0 saturated heterocycles. The number of esters is 1. The van der Waals surface area contributed by atoms with Gasteiger partial charge in [0.25, 0.3) is 0 Å². The molecule has 10 heteroatoms. The van der Waals surface area contributed by atoms with Gasteiger partial charge in [-0.15, -0.1) is 0 Å². The first-order chi connectivity index (χ1) is 15.6. The Hall–Kier alpha value is -2.30. The molecule has 0 aromatic heterocycles. The lowest BCUT2D eigenvalue weighted by Gasteiger charge is -2.24. The van der Waals surface area contributed by atoms with Gasteiger partial charge in [0.15, 0.2) is 11.5 Å². The van der Waals surface area contributed by atoms with Crippen molar-refractivity contribution in [3.63, 3.8) is 0 Å². The van der Waals surface area contributed by atoms with E-state index in [4.69, 9.17) is 18.9 Å². The molecule has 0 spiro atoms. The summed E-state index contributed by atoms with van der Waals surface area (Å²) in [5.74, 6) is 1.24. The molecule has 0 amide bonds. The fourth-order valence-corrected chi connectivity index (χ4v) is 4.63. The summed E-state index contributed by atoms with van der Waals surface area (Å²) in [7, 11) is -0.193. The van der Waals surface area contributed by atoms with Crippen molar-refractivity contribution in [3.8, 4) is 23.0 Å². The molecule has 0 fully saturated rings. The maximum atomic E-state index is 13.0. The largest absolute Gasteiger partial charge is 0.495 e. The van der Waals surface area contributed by atoms with Crippen LogP contribution in [0.25, 0.3) is 0 Å². The second kappa shape index (κ2) is 10.3. The van der Waals surface area contributed by atoms with Gasteiger partial charge in [0.1, 0.15) is 23.7 Å². The number of halogens is 1. The molecular weight excluding hydrogens is 514 g/mol. The predicted molar refractivity (Wildman–Crippen MR) is 128 cm³/mol. The van der Waals surface area contributed by atoms with Gasteiger partial charge in [0, 0.05) is 11.0 Å². The Balaban J connectivity index is 1.95. The van der Waals surface area contributed by atoms with Gasteiger partial charge in [-0.1, -0.05) is 13.0 Å². The lowest BCUT2D eigenvalue weighted by molar-refractivity contribution is 0.0453. The van der Waals surface area contributed by atoms with E-state index < -0.39 is 16.0 Å². The second-order valence-corrected chi connectivity index (χ2v) is 10.7. The van der Waals surface area contributed by atoms with Gasteiger partial charge in [-0.2, -0.15) is 0 Å². The molecule has 8 nitrogen and oxygen atoms in total. The molecule has 2 aromatic carbocycles. The van der Waals surface area contributed by atoms with E-state index in [2.05, 4.69) is 20.7 Å². The maximum Gasteiger partial charge on any atom is 0.346 e. The van der Waals surface area contributed by atoms with E-state index in [0.717, 1.165) is 21.9 Å². The minimum absolute atomic E-state index is 0.00775. The van der Waals surface area contributed by atoms with Gasteiger partial charge in [-0.3, -0.25) is 0 Å². The van der Waals surface area contributed by atoms with E-state index in [9.17, 15) is 13.2 Å². The van der Waals surface area contributed by atoms with Crippen molar-refractivity contribution >= 4 is 31.9 Å². The lowest BCUT2D eigenvalue weighted by Crippen LogP contribution is -2.27. The Kier molecular flexibility index (Phi) is 7.92. The third-order valence-corrected chi connectivity index (χ3v) is 7.24. The van der Waals surface area contributed by atoms with Gasteiger partial charge < -0.3 is 18.9 Å². The van der Waals surface area contributed by atoms with Crippen molar-refractivity contribution < 1.29 is 32.2 Å². The highest BCUT2D eigenvalue weighted by Crippen LogP contribution is 2.45. The van der Waals surface area contributed by atoms with Crippen molar-refractivity contribution in [2.24, 2.45) is 5.92 Å². The molecule has 3 rings (SSSR count). The number of methoxy groups -OCH3 is 2. The third kappa shape index (κ3) is 5.80. The number of benzene rings is 2. The number of carbonyl (C=O) groups is 1. The lowest BCUT2D eigenvalue weighted by atomic mass is 9.98. The number of sulfonamides is 1. The number of nitrogens with one attached hydrogen (secondary N) is 1. The van der Waals surface area contributed by atoms with Crippen LogP contribution in [0.4, 0.5) is 0 Å². The smallest absolute Gasteiger partial charge is 0.346 e. The van der Waals surface area contributed by atoms with Crippen LogP contribution in [0.15, 0.2) is 22.7 Å². The maximum absolute atomic E-state index is 13.0. The van der Waals surface area contributed by atoms with Crippen LogP contribution >= 0.6 is 15.9 Å². The SMILES string of the molecule is COc1cc(C)c(Br)c2c1Oc1ccc(CCC(C)CNS(C)(=O)=O)c(OC)c1C(=O)OC2. The minimum Gasteiger partial charge on any atom is -0.495 e. The van der Waals surface area contributed by atoms with E-state index in [0.29, 0.717) is 47.9 Å². The average Bonchev–Trinajstić information content (AvgIpc) is 2.76. The molecule has 0 saturated carbocycles. The zero-order chi connectivity index (χ0) is 24.3. The molecule has 1 atom stereocenters. The highest BCUT2D eigenvalue weighted by molar-refractivity contribution is 9.10. The summed E-state index contributed by atoms with van der Waals surface area (Å²) in [6.45, 7) is 4.22. The summed E-state index contributed by atoms with van der Waals surface area (Å²) in [5, 5.41) is 0. The zero-order valence-electron chi connectivity index (χ0n) is 19.3. The Morgan fingerprint density at radius 2 is 1.97 bits per heavy atom. The molecule has 180 valence electrons. The van der Waals surface area contributed by atoms with Gasteiger partial charge in [-0.05, 0) is 64.9 Å². The van der Waals surface area contributed by atoms with Crippen LogP contribution in [-0.4, -0.2) is 41.4 Å². The normalized spacial score (nSPS) is 14.2. The summed E-state index contributed by atoms with van der Waals surface area (Å²) in [6, 6.07) is 5.42. The molecule has 1 aliphatic heterocycles. The predicted octanol–water partition coefficient (Wildman–Crippen LogP) is 4.36. The third-order valence-electron chi connectivity index (χ3n) is 5.45. The summed E-state index contributed by atoms with van der Waals surface area (Å²) in [5.41, 5.74) is 2.63. The Morgan fingerprint density at radius 3 is 2.61 bits per heavy atom. The Bertz CT molecular complexity index is 1160. The monoisotopic (exact) mass is 541 g/mol. The average molecular weight is 542 g/mol. The van der Waals surface area contributed by atoms with Crippen LogP contribution in [-0.2, 0) is 27.8 Å². The molecule has 0 bridgehead atoms. The van der Waals surface area contributed by atoms with E-state index >= 15 is 0 Å². The Morgan fingerprint density at radius 1 is 1.24 bits per heavy atom. The molecule has 1 N–H and O–H groups in total. The molecule has 1 aliphatic rings. The highest BCUT2D eigenvalue weighted by Gasteiger charge is 2.29. The zero-order valence-corrected chi connectivity index (χ0v) is 21.7. The van der Waals surface area contributed by atoms with Crippen molar-refractivity contribution in [2.45, 2.75) is 33.3 Å². The number of cyclic esters (lactones) is 1. The van der Waals surface area contributed by atoms with E-state index in [1.807, 2.05) is 26.0 Å². The number of ether oxygens (including phenoxy) is 4. The van der Waals surface area contributed by atoms with Crippen molar-refractivity contribution in [3.05, 3.63) is 44.9 Å². The van der Waals surface area contributed by atoms with Crippen LogP contribution in [0.5, 0.6) is 23.0 Å². The summed E-state index contributed by atoms with van der Waals surface area (Å²) >= 11 is 3.55. The number of carbonyl (C=O) groups excluding carboxylic acids is 1. The molecule has 33 heavy (non-hydrogen) atoms. The fraction of sp³-hybridized carbons (Fsp3) is 0.435. The summed E-state index contributed by atoms with van der Waals surface area (Å²) in [6.07, 6.45) is 2.41. The van der Waals surface area contributed by atoms with Gasteiger partial charge in [0.05, 0.1) is 26.0 Å². The highest BCUT2D eigenvalue weighted by atomic mass is 79.9. The first-order valence-electron chi connectivity index (χ1n) is 10.4. The van der Waals surface area contributed by atoms with Crippen LogP contribution < -0.4 is 18.9 Å². The van der Waals surface area contributed by atoms with E-state index in [1.165, 1.54) is 7.11 Å². The standard InChI is InChI=1S/C23H28BrNO7S/c1-13(11-25-33(5,27)28)6-7-15-8-9-17-19(21(15)30-4)23(26)31-12-16-20(24)14(2)10-18(29-3)22(16)32-17/h8-10,13,25H,6-7,11-12H2,1-5H3. The number of rotatable bonds is 8. The number of hydrogen-bond donors (Lipinski definition) is 1. The molecular formula is C23H28BrNO7S. The molecule has 0 radical (unpaired) electrons. The van der Waals surface area contributed by atoms with Crippen molar-refractivity contribution in [2.75, 3.05) is 27.0 Å². The van der Waals surface area contributed by atoms with E-state index in [1.54, 1.807) is 13.2 Å². The van der Waals surface area contributed by atoms with Gasteiger partial charge in [-0.25, -0.2) is 17.9 Å². The van der Waals surface area contributed by atoms with E-state index in [-0.39, 0.29) is 18.1 Å². The quantitative estimate of drug-likeness (QED) is 0.495. The first-order valence-corrected chi connectivity index (χ1v) is 13.1. The summed E-state index contributed by atoms with van der Waals surface area (Å²) < 4.78 is 48.9. The summed E-state index contributed by atoms with van der Waals surface area (Å²) in [4.78, 5) is 13.0. The molecule has 0 aliphatic carbocycles. The van der Waals surface area contributed by atoms with Gasteiger partial charge >= 0.3 is 5.97 Å². The minimum atomic E-state index is -3.24. The molecule has 1 unspecified atom stereocenters. The van der Waals surface area contributed by atoms with Crippen LogP contribution in [0.3, 0.4) is 0 Å².